The number of urea groups is 1. The molecule has 2 amide bonds. The molecule has 0 aliphatic heterocycles. The smallest absolute Gasteiger partial charge is 0.319 e. The molecule has 2 rings (SSSR count). The van der Waals surface area contributed by atoms with Crippen molar-refractivity contribution in [2.45, 2.75) is 44.8 Å². The van der Waals surface area contributed by atoms with Crippen molar-refractivity contribution in [3.05, 3.63) is 28.8 Å². The van der Waals surface area contributed by atoms with Crippen molar-refractivity contribution in [1.82, 2.24) is 5.32 Å². The summed E-state index contributed by atoms with van der Waals surface area (Å²) in [4.78, 5) is 11.9. The predicted molar refractivity (Wildman–Crippen MR) is 76.6 cm³/mol. The van der Waals surface area contributed by atoms with Gasteiger partial charge in [-0.25, -0.2) is 4.79 Å². The molecule has 3 N–H and O–H groups in total. The Kier molecular flexibility index (Phi) is 4.66. The fourth-order valence-corrected chi connectivity index (χ4v) is 2.48. The van der Waals surface area contributed by atoms with Crippen LogP contribution in [0.1, 0.15) is 31.2 Å². The van der Waals surface area contributed by atoms with Gasteiger partial charge in [0.25, 0.3) is 0 Å². The number of rotatable bonds is 2. The molecule has 1 aliphatic carbocycles. The predicted octanol–water partition coefficient (Wildman–Crippen LogP) is 3.07. The Bertz CT molecular complexity index is 457. The van der Waals surface area contributed by atoms with Gasteiger partial charge in [0.05, 0.1) is 6.10 Å². The van der Waals surface area contributed by atoms with Crippen molar-refractivity contribution in [2.24, 2.45) is 0 Å². The van der Waals surface area contributed by atoms with Gasteiger partial charge in [-0.3, -0.25) is 0 Å². The molecule has 1 saturated carbocycles. The summed E-state index contributed by atoms with van der Waals surface area (Å²) in [6.07, 6.45) is 2.94. The zero-order valence-corrected chi connectivity index (χ0v) is 11.7. The van der Waals surface area contributed by atoms with Crippen molar-refractivity contribution < 1.29 is 9.90 Å². The molecule has 1 aromatic rings. The molecular weight excluding hydrogens is 264 g/mol. The number of aliphatic hydroxyl groups is 1. The van der Waals surface area contributed by atoms with E-state index in [0.717, 1.165) is 36.9 Å². The molecule has 0 unspecified atom stereocenters. The maximum Gasteiger partial charge on any atom is 0.319 e. The molecule has 0 saturated heterocycles. The fraction of sp³-hybridized carbons (Fsp3) is 0.500. The quantitative estimate of drug-likeness (QED) is 0.781. The minimum absolute atomic E-state index is 0.142. The van der Waals surface area contributed by atoms with Gasteiger partial charge in [0.15, 0.2) is 0 Å². The number of anilines is 1. The monoisotopic (exact) mass is 282 g/mol. The Labute approximate surface area is 118 Å². The molecule has 4 nitrogen and oxygen atoms in total. The summed E-state index contributed by atoms with van der Waals surface area (Å²) in [5.74, 6) is 0. The first kappa shape index (κ1) is 14.2. The van der Waals surface area contributed by atoms with E-state index in [9.17, 15) is 9.90 Å². The van der Waals surface area contributed by atoms with Crippen LogP contribution in [-0.2, 0) is 0 Å². The molecule has 1 fully saturated rings. The molecule has 0 atom stereocenters. The van der Waals surface area contributed by atoms with Gasteiger partial charge in [0.2, 0.25) is 0 Å². The maximum absolute atomic E-state index is 11.9. The van der Waals surface area contributed by atoms with E-state index in [4.69, 9.17) is 11.6 Å². The van der Waals surface area contributed by atoms with Gasteiger partial charge in [0.1, 0.15) is 0 Å². The van der Waals surface area contributed by atoms with E-state index in [1.54, 1.807) is 6.07 Å². The second-order valence-corrected chi connectivity index (χ2v) is 5.42. The molecule has 19 heavy (non-hydrogen) atoms. The van der Waals surface area contributed by atoms with Gasteiger partial charge in [-0.15, -0.1) is 0 Å². The molecule has 5 heteroatoms. The van der Waals surface area contributed by atoms with Crippen LogP contribution in [0.4, 0.5) is 10.5 Å². The van der Waals surface area contributed by atoms with Gasteiger partial charge < -0.3 is 15.7 Å². The molecule has 1 aliphatic rings. The zero-order valence-electron chi connectivity index (χ0n) is 10.9. The third kappa shape index (κ3) is 3.85. The second-order valence-electron chi connectivity index (χ2n) is 5.02. The average molecular weight is 283 g/mol. The standard InChI is InChI=1S/C14H19ClN2O2/c1-9-12(15)3-2-4-13(9)17-14(19)16-10-5-7-11(18)8-6-10/h2-4,10-11,18H,5-8H2,1H3,(H2,16,17,19). The number of halogens is 1. The van der Waals surface area contributed by atoms with Gasteiger partial charge in [0, 0.05) is 16.8 Å². The molecule has 0 radical (unpaired) electrons. The minimum Gasteiger partial charge on any atom is -0.393 e. The van der Waals surface area contributed by atoms with E-state index < -0.39 is 0 Å². The van der Waals surface area contributed by atoms with Gasteiger partial charge in [-0.2, -0.15) is 0 Å². The van der Waals surface area contributed by atoms with Crippen LogP contribution in [0.25, 0.3) is 0 Å². The summed E-state index contributed by atoms with van der Waals surface area (Å²) >= 11 is 6.01. The van der Waals surface area contributed by atoms with Crippen LogP contribution in [0, 0.1) is 6.92 Å². The lowest BCUT2D eigenvalue weighted by molar-refractivity contribution is 0.118. The third-order valence-electron chi connectivity index (χ3n) is 3.55. The van der Waals surface area contributed by atoms with Crippen LogP contribution in [0.2, 0.25) is 5.02 Å². The summed E-state index contributed by atoms with van der Waals surface area (Å²) < 4.78 is 0. The van der Waals surface area contributed by atoms with Gasteiger partial charge in [-0.1, -0.05) is 17.7 Å². The number of nitrogens with one attached hydrogen (secondary N) is 2. The number of hydrogen-bond acceptors (Lipinski definition) is 2. The number of carbonyl (C=O) groups is 1. The van der Waals surface area contributed by atoms with Crippen molar-refractivity contribution in [3.63, 3.8) is 0 Å². The Hall–Kier alpha value is -1.26. The maximum atomic E-state index is 11.9. The van der Waals surface area contributed by atoms with Crippen LogP contribution in [0.3, 0.4) is 0 Å². The molecule has 0 aromatic heterocycles. The number of benzene rings is 1. The van der Waals surface area contributed by atoms with Crippen LogP contribution in [0.5, 0.6) is 0 Å². The van der Waals surface area contributed by atoms with E-state index in [0.29, 0.717) is 5.02 Å². The Morgan fingerprint density at radius 1 is 1.32 bits per heavy atom. The zero-order chi connectivity index (χ0) is 13.8. The topological polar surface area (TPSA) is 61.4 Å². The van der Waals surface area contributed by atoms with Crippen molar-refractivity contribution in [3.8, 4) is 0 Å². The lowest BCUT2D eigenvalue weighted by Gasteiger charge is -2.26. The largest absolute Gasteiger partial charge is 0.393 e. The van der Waals surface area contributed by atoms with Crippen molar-refractivity contribution >= 4 is 23.3 Å². The van der Waals surface area contributed by atoms with Crippen LogP contribution in [0.15, 0.2) is 18.2 Å². The van der Waals surface area contributed by atoms with Crippen LogP contribution < -0.4 is 10.6 Å². The summed E-state index contributed by atoms with van der Waals surface area (Å²) in [6.45, 7) is 1.87. The summed E-state index contributed by atoms with van der Waals surface area (Å²) in [5.41, 5.74) is 1.58. The van der Waals surface area contributed by atoms with Crippen molar-refractivity contribution in [1.29, 1.82) is 0 Å². The number of amides is 2. The Balaban J connectivity index is 1.89. The van der Waals surface area contributed by atoms with E-state index in [1.807, 2.05) is 19.1 Å². The Morgan fingerprint density at radius 2 is 2.00 bits per heavy atom. The van der Waals surface area contributed by atoms with Crippen molar-refractivity contribution in [2.75, 3.05) is 5.32 Å². The van der Waals surface area contributed by atoms with Gasteiger partial charge >= 0.3 is 6.03 Å². The SMILES string of the molecule is Cc1c(Cl)cccc1NC(=O)NC1CCC(O)CC1. The number of aliphatic hydroxyl groups excluding tert-OH is 1. The number of carbonyl (C=O) groups excluding carboxylic acids is 1. The molecule has 104 valence electrons. The first-order valence-corrected chi connectivity index (χ1v) is 6.94. The summed E-state index contributed by atoms with van der Waals surface area (Å²) in [7, 11) is 0. The molecule has 0 spiro atoms. The van der Waals surface area contributed by atoms with Crippen LogP contribution >= 0.6 is 11.6 Å². The van der Waals surface area contributed by atoms with E-state index in [-0.39, 0.29) is 18.2 Å². The highest BCUT2D eigenvalue weighted by molar-refractivity contribution is 6.31. The van der Waals surface area contributed by atoms with Crippen LogP contribution in [-0.4, -0.2) is 23.3 Å². The first-order valence-electron chi connectivity index (χ1n) is 6.57. The first-order chi connectivity index (χ1) is 9.06. The average Bonchev–Trinajstić information content (AvgIpc) is 2.38. The molecule has 1 aromatic carbocycles. The third-order valence-corrected chi connectivity index (χ3v) is 3.96. The summed E-state index contributed by atoms with van der Waals surface area (Å²) in [6, 6.07) is 5.35. The minimum atomic E-state index is -0.216. The lowest BCUT2D eigenvalue weighted by Crippen LogP contribution is -2.41. The molecular formula is C14H19ClN2O2. The highest BCUT2D eigenvalue weighted by Crippen LogP contribution is 2.23. The molecule has 0 heterocycles. The fourth-order valence-electron chi connectivity index (χ4n) is 2.31. The Morgan fingerprint density at radius 3 is 2.68 bits per heavy atom. The summed E-state index contributed by atoms with van der Waals surface area (Å²) in [5, 5.41) is 15.8. The normalized spacial score (nSPS) is 22.9. The molecule has 0 bridgehead atoms. The van der Waals surface area contributed by atoms with E-state index in [2.05, 4.69) is 10.6 Å². The van der Waals surface area contributed by atoms with Gasteiger partial charge in [-0.05, 0) is 50.3 Å². The van der Waals surface area contributed by atoms with E-state index in [1.165, 1.54) is 0 Å². The van der Waals surface area contributed by atoms with E-state index >= 15 is 0 Å². The highest BCUT2D eigenvalue weighted by Gasteiger charge is 2.20. The second kappa shape index (κ2) is 6.26. The highest BCUT2D eigenvalue weighted by atomic mass is 35.5. The number of hydrogen-bond donors (Lipinski definition) is 3. The lowest BCUT2D eigenvalue weighted by atomic mass is 9.93.